The summed E-state index contributed by atoms with van der Waals surface area (Å²) in [6, 6.07) is 1.65. The van der Waals surface area contributed by atoms with Gasteiger partial charge in [-0.25, -0.2) is 0 Å². The predicted molar refractivity (Wildman–Crippen MR) is 70.2 cm³/mol. The second-order valence-electron chi connectivity index (χ2n) is 4.26. The van der Waals surface area contributed by atoms with Crippen LogP contribution in [0.2, 0.25) is 0 Å². The van der Waals surface area contributed by atoms with Gasteiger partial charge in [-0.05, 0) is 19.8 Å². The van der Waals surface area contributed by atoms with Crippen molar-refractivity contribution in [1.82, 2.24) is 20.3 Å². The third-order valence-electron chi connectivity index (χ3n) is 3.22. The van der Waals surface area contributed by atoms with Gasteiger partial charge in [0.05, 0.1) is 0 Å². The van der Waals surface area contributed by atoms with E-state index >= 15 is 0 Å². The predicted octanol–water partition coefficient (Wildman–Crippen LogP) is 2.09. The van der Waals surface area contributed by atoms with Crippen molar-refractivity contribution in [2.75, 3.05) is 12.3 Å². The van der Waals surface area contributed by atoms with Crippen LogP contribution < -0.4 is 5.73 Å². The molecule has 104 valence electrons. The number of nitrogens with two attached hydrogens (primary N) is 1. The molecule has 2 rings (SSSR count). The van der Waals surface area contributed by atoms with E-state index in [1.54, 1.807) is 6.07 Å². The Morgan fingerprint density at radius 1 is 1.37 bits per heavy atom. The summed E-state index contributed by atoms with van der Waals surface area (Å²) in [5, 5.41) is 10.6. The standard InChI is InChI=1S/C12H19N5O2/c1-4-12(5-2,18-6-3)11-14-10(19-17-11)8-7-9(13)16-15-8/h7H,4-6H2,1-3H3,(H3,13,15,16). The smallest absolute Gasteiger partial charge is 0.276 e. The zero-order valence-corrected chi connectivity index (χ0v) is 11.4. The number of aromatic nitrogens is 4. The summed E-state index contributed by atoms with van der Waals surface area (Å²) in [7, 11) is 0. The van der Waals surface area contributed by atoms with Crippen LogP contribution >= 0.6 is 0 Å². The van der Waals surface area contributed by atoms with E-state index in [9.17, 15) is 0 Å². The molecule has 7 nitrogen and oxygen atoms in total. The van der Waals surface area contributed by atoms with Gasteiger partial charge in [-0.1, -0.05) is 19.0 Å². The monoisotopic (exact) mass is 265 g/mol. The van der Waals surface area contributed by atoms with Crippen molar-refractivity contribution < 1.29 is 9.26 Å². The quantitative estimate of drug-likeness (QED) is 0.829. The number of H-pyrrole nitrogens is 1. The van der Waals surface area contributed by atoms with E-state index in [2.05, 4.69) is 20.3 Å². The van der Waals surface area contributed by atoms with Crippen molar-refractivity contribution in [2.24, 2.45) is 0 Å². The summed E-state index contributed by atoms with van der Waals surface area (Å²) in [5.74, 6) is 1.31. The molecule has 0 amide bonds. The largest absolute Gasteiger partial charge is 0.382 e. The van der Waals surface area contributed by atoms with Crippen molar-refractivity contribution >= 4 is 5.82 Å². The normalized spacial score (nSPS) is 11.9. The van der Waals surface area contributed by atoms with Crippen LogP contribution in [-0.4, -0.2) is 26.9 Å². The van der Waals surface area contributed by atoms with Crippen LogP contribution in [0, 0.1) is 0 Å². The molecule has 0 bridgehead atoms. The van der Waals surface area contributed by atoms with Crippen molar-refractivity contribution in [2.45, 2.75) is 39.2 Å². The first-order valence-electron chi connectivity index (χ1n) is 6.44. The average Bonchev–Trinajstić information content (AvgIpc) is 3.05. The van der Waals surface area contributed by atoms with Crippen LogP contribution in [-0.2, 0) is 10.3 Å². The van der Waals surface area contributed by atoms with Gasteiger partial charge in [-0.2, -0.15) is 10.1 Å². The van der Waals surface area contributed by atoms with Crippen LogP contribution in [0.4, 0.5) is 5.82 Å². The number of nitrogen functional groups attached to an aromatic ring is 1. The molecule has 0 radical (unpaired) electrons. The summed E-state index contributed by atoms with van der Waals surface area (Å²) >= 11 is 0. The number of rotatable bonds is 6. The molecule has 0 atom stereocenters. The summed E-state index contributed by atoms with van der Waals surface area (Å²) in [6.45, 7) is 6.64. The van der Waals surface area contributed by atoms with Crippen LogP contribution in [0.5, 0.6) is 0 Å². The lowest BCUT2D eigenvalue weighted by atomic mass is 9.96. The topological polar surface area (TPSA) is 103 Å². The fraction of sp³-hybridized carbons (Fsp3) is 0.583. The summed E-state index contributed by atoms with van der Waals surface area (Å²) in [4.78, 5) is 4.40. The minimum atomic E-state index is -0.498. The van der Waals surface area contributed by atoms with Crippen molar-refractivity contribution in [1.29, 1.82) is 0 Å². The Morgan fingerprint density at radius 2 is 2.11 bits per heavy atom. The molecule has 2 aromatic heterocycles. The minimum absolute atomic E-state index is 0.366. The zero-order chi connectivity index (χ0) is 13.9. The number of ether oxygens (including phenoxy) is 1. The van der Waals surface area contributed by atoms with Crippen LogP contribution in [0.1, 0.15) is 39.4 Å². The summed E-state index contributed by atoms with van der Waals surface area (Å²) in [5.41, 5.74) is 5.66. The second kappa shape index (κ2) is 5.40. The molecule has 0 aliphatic heterocycles. The molecule has 0 saturated heterocycles. The molecule has 0 aliphatic carbocycles. The molecule has 0 saturated carbocycles. The molecule has 0 fully saturated rings. The lowest BCUT2D eigenvalue weighted by Crippen LogP contribution is -2.29. The summed E-state index contributed by atoms with van der Waals surface area (Å²) < 4.78 is 11.1. The van der Waals surface area contributed by atoms with E-state index in [1.165, 1.54) is 0 Å². The van der Waals surface area contributed by atoms with Gasteiger partial charge in [0.25, 0.3) is 5.89 Å². The number of nitrogens with one attached hydrogen (secondary N) is 1. The molecule has 2 heterocycles. The van der Waals surface area contributed by atoms with Gasteiger partial charge in [-0.3, -0.25) is 5.10 Å². The van der Waals surface area contributed by atoms with E-state index in [1.807, 2.05) is 20.8 Å². The molecule has 0 aliphatic rings. The van der Waals surface area contributed by atoms with Gasteiger partial charge >= 0.3 is 0 Å². The number of hydrogen-bond donors (Lipinski definition) is 2. The minimum Gasteiger partial charge on any atom is -0.382 e. The van der Waals surface area contributed by atoms with Crippen LogP contribution in [0.15, 0.2) is 10.6 Å². The number of hydrogen-bond acceptors (Lipinski definition) is 6. The Bertz CT molecular complexity index is 530. The molecular formula is C12H19N5O2. The molecule has 2 aromatic rings. The second-order valence-corrected chi connectivity index (χ2v) is 4.26. The van der Waals surface area contributed by atoms with Crippen molar-refractivity contribution in [3.63, 3.8) is 0 Å². The highest BCUT2D eigenvalue weighted by atomic mass is 16.5. The van der Waals surface area contributed by atoms with E-state index < -0.39 is 5.60 Å². The van der Waals surface area contributed by atoms with Gasteiger partial charge in [0.15, 0.2) is 0 Å². The first-order valence-corrected chi connectivity index (χ1v) is 6.44. The maximum absolute atomic E-state index is 5.83. The maximum Gasteiger partial charge on any atom is 0.276 e. The maximum atomic E-state index is 5.83. The van der Waals surface area contributed by atoms with E-state index in [0.29, 0.717) is 29.8 Å². The van der Waals surface area contributed by atoms with Crippen LogP contribution in [0.3, 0.4) is 0 Å². The van der Waals surface area contributed by atoms with Gasteiger partial charge in [-0.15, -0.1) is 0 Å². The number of anilines is 1. The lowest BCUT2D eigenvalue weighted by Gasteiger charge is -2.27. The molecule has 0 aromatic carbocycles. The first-order chi connectivity index (χ1) is 9.15. The van der Waals surface area contributed by atoms with Gasteiger partial charge in [0.2, 0.25) is 5.82 Å². The Balaban J connectivity index is 2.33. The van der Waals surface area contributed by atoms with Crippen LogP contribution in [0.25, 0.3) is 11.6 Å². The fourth-order valence-corrected chi connectivity index (χ4v) is 2.08. The van der Waals surface area contributed by atoms with Crippen molar-refractivity contribution in [3.05, 3.63) is 11.9 Å². The van der Waals surface area contributed by atoms with E-state index in [-0.39, 0.29) is 0 Å². The Hall–Kier alpha value is -1.89. The van der Waals surface area contributed by atoms with E-state index in [0.717, 1.165) is 12.8 Å². The Morgan fingerprint density at radius 3 is 2.63 bits per heavy atom. The summed E-state index contributed by atoms with van der Waals surface area (Å²) in [6.07, 6.45) is 1.56. The van der Waals surface area contributed by atoms with Crippen molar-refractivity contribution in [3.8, 4) is 11.6 Å². The molecular weight excluding hydrogens is 246 g/mol. The molecule has 3 N–H and O–H groups in total. The SMILES string of the molecule is CCOC(CC)(CC)c1noc(-c2cc(N)n[nH]2)n1. The highest BCUT2D eigenvalue weighted by Gasteiger charge is 2.34. The van der Waals surface area contributed by atoms with Gasteiger partial charge in [0, 0.05) is 12.7 Å². The first kappa shape index (κ1) is 13.5. The average molecular weight is 265 g/mol. The number of nitrogens with zero attached hydrogens (tertiary/aromatic N) is 3. The highest BCUT2D eigenvalue weighted by molar-refractivity contribution is 5.51. The Labute approximate surface area is 111 Å². The fourth-order valence-electron chi connectivity index (χ4n) is 2.08. The third-order valence-corrected chi connectivity index (χ3v) is 3.22. The number of aromatic amines is 1. The Kier molecular flexibility index (Phi) is 3.84. The lowest BCUT2D eigenvalue weighted by molar-refractivity contribution is -0.0583. The molecule has 0 spiro atoms. The van der Waals surface area contributed by atoms with Gasteiger partial charge in [0.1, 0.15) is 17.1 Å². The third kappa shape index (κ3) is 2.46. The van der Waals surface area contributed by atoms with Gasteiger partial charge < -0.3 is 15.0 Å². The zero-order valence-electron chi connectivity index (χ0n) is 11.4. The molecule has 0 unspecified atom stereocenters. The molecule has 7 heteroatoms. The van der Waals surface area contributed by atoms with E-state index in [4.69, 9.17) is 15.0 Å². The molecule has 19 heavy (non-hydrogen) atoms. The highest BCUT2D eigenvalue weighted by Crippen LogP contribution is 2.32.